The third-order valence-electron chi connectivity index (χ3n) is 5.54. The third kappa shape index (κ3) is 4.18. The molecule has 0 aliphatic carbocycles. The van der Waals surface area contributed by atoms with E-state index in [1.54, 1.807) is 7.05 Å². The maximum Gasteiger partial charge on any atom is 0.332 e. The van der Waals surface area contributed by atoms with Crippen LogP contribution >= 0.6 is 11.8 Å². The molecule has 32 heavy (non-hydrogen) atoms. The molecule has 0 amide bonds. The lowest BCUT2D eigenvalue weighted by Gasteiger charge is -2.36. The zero-order valence-corrected chi connectivity index (χ0v) is 20.1. The van der Waals surface area contributed by atoms with Crippen molar-refractivity contribution in [2.75, 3.05) is 23.7 Å². The van der Waals surface area contributed by atoms with E-state index in [1.165, 1.54) is 23.4 Å². The summed E-state index contributed by atoms with van der Waals surface area (Å²) < 4.78 is 10.4. The number of nitrogens with zero attached hydrogens (tertiary/aromatic N) is 7. The lowest BCUT2D eigenvalue weighted by Crippen LogP contribution is -2.46. The second-order valence-electron chi connectivity index (χ2n) is 8.39. The van der Waals surface area contributed by atoms with Crippen molar-refractivity contribution >= 4 is 28.9 Å². The van der Waals surface area contributed by atoms with Crippen LogP contribution in [0, 0.1) is 13.8 Å². The number of imidazole rings is 1. The summed E-state index contributed by atoms with van der Waals surface area (Å²) in [5, 5.41) is 0.711. The Kier molecular flexibility index (Phi) is 6.13. The first-order chi connectivity index (χ1) is 15.2. The van der Waals surface area contributed by atoms with E-state index in [4.69, 9.17) is 9.72 Å². The number of hydrogen-bond donors (Lipinski definition) is 0. The molecule has 0 aromatic carbocycles. The smallest absolute Gasteiger partial charge is 0.332 e. The summed E-state index contributed by atoms with van der Waals surface area (Å²) in [5.41, 5.74) is 1.94. The molecule has 1 aliphatic rings. The Morgan fingerprint density at radius 2 is 1.66 bits per heavy atom. The van der Waals surface area contributed by atoms with Crippen molar-refractivity contribution in [3.63, 3.8) is 0 Å². The van der Waals surface area contributed by atoms with Crippen LogP contribution in [0.25, 0.3) is 11.2 Å². The Balaban J connectivity index is 1.76. The first-order valence-corrected chi connectivity index (χ1v) is 11.7. The normalized spacial score (nSPS) is 19.1. The topological polar surface area (TPSA) is 100 Å². The van der Waals surface area contributed by atoms with Crippen LogP contribution in [-0.4, -0.2) is 59.7 Å². The predicted molar refractivity (Wildman–Crippen MR) is 125 cm³/mol. The van der Waals surface area contributed by atoms with Crippen LogP contribution in [0.15, 0.2) is 20.8 Å². The maximum absolute atomic E-state index is 13.1. The van der Waals surface area contributed by atoms with Crippen LogP contribution in [-0.2, 0) is 25.4 Å². The Hall–Kier alpha value is -2.66. The SMILES string of the molecule is Cc1cc(C)nc(SCCn2c(N3C[C@@H](C)O[C@H](C)C3)nc3c2c(=O)n(C)c(=O)n3C)n1. The highest BCUT2D eigenvalue weighted by atomic mass is 32.2. The van der Waals surface area contributed by atoms with Gasteiger partial charge in [0.1, 0.15) is 0 Å². The Bertz CT molecular complexity index is 1250. The number of ether oxygens (including phenoxy) is 1. The number of aryl methyl sites for hydroxylation is 4. The Morgan fingerprint density at radius 1 is 1.03 bits per heavy atom. The molecule has 172 valence electrons. The molecule has 1 aliphatic heterocycles. The molecule has 0 unspecified atom stereocenters. The van der Waals surface area contributed by atoms with Gasteiger partial charge in [0.2, 0.25) is 5.95 Å². The van der Waals surface area contributed by atoms with Gasteiger partial charge >= 0.3 is 5.69 Å². The first kappa shape index (κ1) is 22.5. The van der Waals surface area contributed by atoms with Gasteiger partial charge in [0.05, 0.1) is 12.2 Å². The fourth-order valence-electron chi connectivity index (χ4n) is 4.22. The van der Waals surface area contributed by atoms with Gasteiger partial charge in [0, 0.05) is 50.9 Å². The summed E-state index contributed by atoms with van der Waals surface area (Å²) in [6, 6.07) is 1.94. The summed E-state index contributed by atoms with van der Waals surface area (Å²) in [6.45, 7) is 9.80. The average Bonchev–Trinajstić information content (AvgIpc) is 3.09. The summed E-state index contributed by atoms with van der Waals surface area (Å²) in [5.74, 6) is 1.34. The maximum atomic E-state index is 13.1. The number of anilines is 1. The fourth-order valence-corrected chi connectivity index (χ4v) is 5.09. The zero-order chi connectivity index (χ0) is 23.2. The van der Waals surface area contributed by atoms with Gasteiger partial charge in [-0.15, -0.1) is 0 Å². The van der Waals surface area contributed by atoms with Crippen LogP contribution in [0.5, 0.6) is 0 Å². The Labute approximate surface area is 190 Å². The largest absolute Gasteiger partial charge is 0.372 e. The molecular weight excluding hydrogens is 430 g/mol. The zero-order valence-electron chi connectivity index (χ0n) is 19.3. The average molecular weight is 460 g/mol. The molecule has 1 fully saturated rings. The minimum atomic E-state index is -0.388. The van der Waals surface area contributed by atoms with E-state index >= 15 is 0 Å². The number of fused-ring (bicyclic) bond motifs is 1. The van der Waals surface area contributed by atoms with Gasteiger partial charge in [-0.2, -0.15) is 4.98 Å². The number of rotatable bonds is 5. The monoisotopic (exact) mass is 459 g/mol. The van der Waals surface area contributed by atoms with Crippen LogP contribution in [0.1, 0.15) is 25.2 Å². The van der Waals surface area contributed by atoms with E-state index in [0.717, 1.165) is 16.0 Å². The minimum Gasteiger partial charge on any atom is -0.372 e. The highest BCUT2D eigenvalue weighted by Gasteiger charge is 2.28. The third-order valence-corrected chi connectivity index (χ3v) is 6.37. The number of thioether (sulfide) groups is 1. The molecular formula is C21H29N7O3S. The number of hydrogen-bond acceptors (Lipinski definition) is 8. The van der Waals surface area contributed by atoms with Gasteiger partial charge in [-0.3, -0.25) is 13.9 Å². The highest BCUT2D eigenvalue weighted by Crippen LogP contribution is 2.25. The molecule has 0 bridgehead atoms. The van der Waals surface area contributed by atoms with Crippen LogP contribution in [0.4, 0.5) is 5.95 Å². The van der Waals surface area contributed by atoms with Crippen LogP contribution in [0.2, 0.25) is 0 Å². The summed E-state index contributed by atoms with van der Waals surface area (Å²) >= 11 is 1.54. The second-order valence-corrected chi connectivity index (χ2v) is 9.45. The lowest BCUT2D eigenvalue weighted by molar-refractivity contribution is -0.00586. The highest BCUT2D eigenvalue weighted by molar-refractivity contribution is 7.99. The van der Waals surface area contributed by atoms with Crippen molar-refractivity contribution in [2.45, 2.75) is 51.6 Å². The van der Waals surface area contributed by atoms with Crippen LogP contribution < -0.4 is 16.1 Å². The molecule has 1 saturated heterocycles. The molecule has 2 atom stereocenters. The number of aromatic nitrogens is 6. The van der Waals surface area contributed by atoms with E-state index in [2.05, 4.69) is 14.9 Å². The van der Waals surface area contributed by atoms with Gasteiger partial charge in [-0.05, 0) is 33.8 Å². The van der Waals surface area contributed by atoms with E-state index in [1.807, 2.05) is 38.3 Å². The minimum absolute atomic E-state index is 0.0386. The molecule has 0 spiro atoms. The second kappa shape index (κ2) is 8.70. The van der Waals surface area contributed by atoms with Gasteiger partial charge in [-0.25, -0.2) is 14.8 Å². The molecule has 0 N–H and O–H groups in total. The van der Waals surface area contributed by atoms with Crippen LogP contribution in [0.3, 0.4) is 0 Å². The Morgan fingerprint density at radius 3 is 2.28 bits per heavy atom. The molecule has 11 heteroatoms. The van der Waals surface area contributed by atoms with Gasteiger partial charge in [0.15, 0.2) is 16.3 Å². The number of morpholine rings is 1. The van der Waals surface area contributed by atoms with Crippen molar-refractivity contribution in [3.05, 3.63) is 38.3 Å². The quantitative estimate of drug-likeness (QED) is 0.415. The van der Waals surface area contributed by atoms with E-state index < -0.39 is 0 Å². The van der Waals surface area contributed by atoms with Crippen molar-refractivity contribution in [3.8, 4) is 0 Å². The molecule has 4 heterocycles. The van der Waals surface area contributed by atoms with Crippen molar-refractivity contribution in [2.24, 2.45) is 14.1 Å². The van der Waals surface area contributed by atoms with E-state index in [-0.39, 0.29) is 23.5 Å². The summed E-state index contributed by atoms with van der Waals surface area (Å²) in [7, 11) is 3.14. The molecule has 3 aromatic heterocycles. The predicted octanol–water partition coefficient (Wildman–Crippen LogP) is 1.25. The molecule has 4 rings (SSSR count). The van der Waals surface area contributed by atoms with Crippen molar-refractivity contribution in [1.82, 2.24) is 28.7 Å². The van der Waals surface area contributed by atoms with Crippen molar-refractivity contribution < 1.29 is 4.74 Å². The molecule has 10 nitrogen and oxygen atoms in total. The van der Waals surface area contributed by atoms with E-state index in [0.29, 0.717) is 47.7 Å². The van der Waals surface area contributed by atoms with Gasteiger partial charge in [-0.1, -0.05) is 11.8 Å². The summed E-state index contributed by atoms with van der Waals surface area (Å²) in [4.78, 5) is 41.5. The standard InChI is InChI=1S/C21H29N7O3S/c1-12-9-13(2)23-19(22-12)32-8-7-28-16-17(25(5)21(30)26(6)18(16)29)24-20(28)27-10-14(3)31-15(4)11-27/h9,14-15H,7-8,10-11H2,1-6H3/t14-,15-/m1/s1. The fraction of sp³-hybridized carbons (Fsp3) is 0.571. The lowest BCUT2D eigenvalue weighted by atomic mass is 10.2. The molecule has 0 radical (unpaired) electrons. The summed E-state index contributed by atoms with van der Waals surface area (Å²) in [6.07, 6.45) is 0.0772. The molecule has 3 aromatic rings. The van der Waals surface area contributed by atoms with Gasteiger partial charge < -0.3 is 14.2 Å². The first-order valence-electron chi connectivity index (χ1n) is 10.7. The van der Waals surface area contributed by atoms with Gasteiger partial charge in [0.25, 0.3) is 5.56 Å². The van der Waals surface area contributed by atoms with E-state index in [9.17, 15) is 9.59 Å². The molecule has 0 saturated carbocycles. The van der Waals surface area contributed by atoms with Crippen molar-refractivity contribution in [1.29, 1.82) is 0 Å².